The zero-order chi connectivity index (χ0) is 15.5. The molecule has 0 spiro atoms. The third kappa shape index (κ3) is 3.82. The summed E-state index contributed by atoms with van der Waals surface area (Å²) in [5.74, 6) is 0.126. The monoisotopic (exact) mass is 290 g/mol. The number of rotatable bonds is 5. The van der Waals surface area contributed by atoms with Crippen molar-refractivity contribution in [3.8, 4) is 0 Å². The lowest BCUT2D eigenvalue weighted by Crippen LogP contribution is -2.43. The average Bonchev–Trinajstić information content (AvgIpc) is 2.91. The Balaban J connectivity index is 2.00. The summed E-state index contributed by atoms with van der Waals surface area (Å²) in [5, 5.41) is 12.8. The summed E-state index contributed by atoms with van der Waals surface area (Å²) >= 11 is 0. The molecule has 6 nitrogen and oxygen atoms in total. The van der Waals surface area contributed by atoms with Crippen LogP contribution < -0.4 is 10.9 Å². The number of nitrogens with zero attached hydrogens (tertiary/aromatic N) is 1. The largest absolute Gasteiger partial charge is 0.469 e. The Morgan fingerprint density at radius 2 is 2.19 bits per heavy atom. The summed E-state index contributed by atoms with van der Waals surface area (Å²) in [6.07, 6.45) is 3.37. The number of carbonyl (C=O) groups is 1. The van der Waals surface area contributed by atoms with Crippen molar-refractivity contribution in [3.05, 3.63) is 58.4 Å². The van der Waals surface area contributed by atoms with Gasteiger partial charge in [-0.25, -0.2) is 0 Å². The molecule has 112 valence electrons. The molecule has 1 amide bonds. The molecule has 0 saturated carbocycles. The predicted octanol–water partition coefficient (Wildman–Crippen LogP) is 0.702. The van der Waals surface area contributed by atoms with Crippen LogP contribution in [0.5, 0.6) is 0 Å². The number of carbonyl (C=O) groups excluding carboxylic acids is 1. The van der Waals surface area contributed by atoms with E-state index in [1.54, 1.807) is 38.4 Å². The average molecular weight is 290 g/mol. The van der Waals surface area contributed by atoms with Crippen molar-refractivity contribution in [2.45, 2.75) is 18.9 Å². The maximum Gasteiger partial charge on any atom is 0.263 e. The molecule has 0 saturated heterocycles. The van der Waals surface area contributed by atoms with Crippen LogP contribution in [-0.4, -0.2) is 27.7 Å². The number of furan rings is 1. The Labute approximate surface area is 122 Å². The van der Waals surface area contributed by atoms with Gasteiger partial charge in [0.2, 0.25) is 0 Å². The number of pyridine rings is 1. The van der Waals surface area contributed by atoms with Crippen LogP contribution in [0.1, 0.15) is 23.0 Å². The summed E-state index contributed by atoms with van der Waals surface area (Å²) in [4.78, 5) is 23.8. The number of aryl methyl sites for hydroxylation is 1. The summed E-state index contributed by atoms with van der Waals surface area (Å²) in [6, 6.07) is 6.57. The Morgan fingerprint density at radius 3 is 2.86 bits per heavy atom. The van der Waals surface area contributed by atoms with Crippen LogP contribution in [0.2, 0.25) is 0 Å². The van der Waals surface area contributed by atoms with Gasteiger partial charge in [0.15, 0.2) is 0 Å². The highest BCUT2D eigenvalue weighted by Gasteiger charge is 2.24. The van der Waals surface area contributed by atoms with Crippen LogP contribution in [0.4, 0.5) is 0 Å². The molecule has 0 bridgehead atoms. The molecule has 0 aromatic carbocycles. The van der Waals surface area contributed by atoms with Crippen molar-refractivity contribution in [2.24, 2.45) is 7.05 Å². The molecule has 0 radical (unpaired) electrons. The predicted molar refractivity (Wildman–Crippen MR) is 77.1 cm³/mol. The van der Waals surface area contributed by atoms with Crippen molar-refractivity contribution >= 4 is 5.91 Å². The number of amides is 1. The van der Waals surface area contributed by atoms with E-state index in [9.17, 15) is 14.7 Å². The lowest BCUT2D eigenvalue weighted by atomic mass is 10.0. The smallest absolute Gasteiger partial charge is 0.263 e. The minimum atomic E-state index is -1.16. The van der Waals surface area contributed by atoms with Gasteiger partial charge in [-0.15, -0.1) is 0 Å². The van der Waals surface area contributed by atoms with Crippen molar-refractivity contribution in [3.63, 3.8) is 0 Å². The first-order valence-electron chi connectivity index (χ1n) is 6.58. The molecule has 0 aliphatic rings. The maximum atomic E-state index is 12.0. The maximum absolute atomic E-state index is 12.0. The van der Waals surface area contributed by atoms with Crippen LogP contribution in [0.15, 0.2) is 45.9 Å². The van der Waals surface area contributed by atoms with E-state index in [1.165, 1.54) is 16.9 Å². The molecule has 0 aliphatic carbocycles. The first-order chi connectivity index (χ1) is 9.89. The highest BCUT2D eigenvalue weighted by molar-refractivity contribution is 5.93. The topological polar surface area (TPSA) is 84.5 Å². The van der Waals surface area contributed by atoms with E-state index in [0.29, 0.717) is 5.76 Å². The third-order valence-corrected chi connectivity index (χ3v) is 3.13. The number of aliphatic hydroxyl groups is 1. The number of aromatic nitrogens is 1. The van der Waals surface area contributed by atoms with E-state index < -0.39 is 11.5 Å². The number of nitrogens with one attached hydrogen (secondary N) is 1. The summed E-state index contributed by atoms with van der Waals surface area (Å²) in [5.41, 5.74) is -1.48. The molecule has 0 aliphatic heterocycles. The fourth-order valence-electron chi connectivity index (χ4n) is 1.99. The quantitative estimate of drug-likeness (QED) is 0.849. The molecule has 6 heteroatoms. The SMILES string of the molecule is Cn1cccc(C(=O)NCC(C)(O)Cc2ccco2)c1=O. The fourth-order valence-corrected chi connectivity index (χ4v) is 1.99. The first kappa shape index (κ1) is 15.1. The van der Waals surface area contributed by atoms with Crippen molar-refractivity contribution < 1.29 is 14.3 Å². The molecule has 2 heterocycles. The van der Waals surface area contributed by atoms with E-state index in [-0.39, 0.29) is 24.1 Å². The van der Waals surface area contributed by atoms with Gasteiger partial charge in [-0.3, -0.25) is 9.59 Å². The first-order valence-corrected chi connectivity index (χ1v) is 6.58. The van der Waals surface area contributed by atoms with E-state index in [1.807, 2.05) is 0 Å². The number of hydrogen-bond donors (Lipinski definition) is 2. The zero-order valence-electron chi connectivity index (χ0n) is 12.0. The van der Waals surface area contributed by atoms with Crippen LogP contribution in [0.3, 0.4) is 0 Å². The third-order valence-electron chi connectivity index (χ3n) is 3.13. The van der Waals surface area contributed by atoms with Gasteiger partial charge in [-0.1, -0.05) is 0 Å². The summed E-state index contributed by atoms with van der Waals surface area (Å²) < 4.78 is 6.50. The van der Waals surface area contributed by atoms with Crippen LogP contribution >= 0.6 is 0 Å². The van der Waals surface area contributed by atoms with E-state index >= 15 is 0 Å². The van der Waals surface area contributed by atoms with Gasteiger partial charge >= 0.3 is 0 Å². The van der Waals surface area contributed by atoms with Crippen LogP contribution in [0.25, 0.3) is 0 Å². The molecule has 1 unspecified atom stereocenters. The normalized spacial score (nSPS) is 13.7. The minimum absolute atomic E-state index is 0.0184. The van der Waals surface area contributed by atoms with Gasteiger partial charge in [0.05, 0.1) is 11.9 Å². The molecule has 21 heavy (non-hydrogen) atoms. The van der Waals surface area contributed by atoms with Gasteiger partial charge in [0, 0.05) is 26.2 Å². The van der Waals surface area contributed by atoms with Gasteiger partial charge in [0.1, 0.15) is 11.3 Å². The van der Waals surface area contributed by atoms with E-state index in [4.69, 9.17) is 4.42 Å². The zero-order valence-corrected chi connectivity index (χ0v) is 12.0. The lowest BCUT2D eigenvalue weighted by Gasteiger charge is -2.22. The summed E-state index contributed by atoms with van der Waals surface area (Å²) in [6.45, 7) is 1.61. The molecule has 2 rings (SSSR count). The Bertz CT molecular complexity index is 671. The van der Waals surface area contributed by atoms with E-state index in [0.717, 1.165) is 0 Å². The Morgan fingerprint density at radius 1 is 1.43 bits per heavy atom. The second-order valence-corrected chi connectivity index (χ2v) is 5.27. The second-order valence-electron chi connectivity index (χ2n) is 5.27. The molecule has 2 N–H and O–H groups in total. The molecular formula is C15H18N2O4. The standard InChI is InChI=1S/C15H18N2O4/c1-15(20,9-11-5-4-8-21-11)10-16-13(18)12-6-3-7-17(2)14(12)19/h3-8,20H,9-10H2,1-2H3,(H,16,18). The highest BCUT2D eigenvalue weighted by atomic mass is 16.3. The molecule has 1 atom stereocenters. The van der Waals surface area contributed by atoms with Crippen LogP contribution in [0, 0.1) is 0 Å². The summed E-state index contributed by atoms with van der Waals surface area (Å²) in [7, 11) is 1.58. The van der Waals surface area contributed by atoms with Crippen molar-refractivity contribution in [1.82, 2.24) is 9.88 Å². The van der Waals surface area contributed by atoms with Gasteiger partial charge < -0.3 is 19.4 Å². The van der Waals surface area contributed by atoms with Gasteiger partial charge in [-0.2, -0.15) is 0 Å². The Kier molecular flexibility index (Phi) is 4.28. The molecular weight excluding hydrogens is 272 g/mol. The number of hydrogen-bond acceptors (Lipinski definition) is 4. The van der Waals surface area contributed by atoms with Gasteiger partial charge in [0.25, 0.3) is 11.5 Å². The van der Waals surface area contributed by atoms with Gasteiger partial charge in [-0.05, 0) is 31.2 Å². The molecule has 2 aromatic rings. The highest BCUT2D eigenvalue weighted by Crippen LogP contribution is 2.12. The molecule has 0 fully saturated rings. The minimum Gasteiger partial charge on any atom is -0.469 e. The van der Waals surface area contributed by atoms with Crippen molar-refractivity contribution in [2.75, 3.05) is 6.54 Å². The van der Waals surface area contributed by atoms with Crippen LogP contribution in [-0.2, 0) is 13.5 Å². The lowest BCUT2D eigenvalue weighted by molar-refractivity contribution is 0.0509. The van der Waals surface area contributed by atoms with E-state index in [2.05, 4.69) is 5.32 Å². The molecule has 2 aromatic heterocycles. The van der Waals surface area contributed by atoms with Crippen molar-refractivity contribution in [1.29, 1.82) is 0 Å². The Hall–Kier alpha value is -2.34. The second kappa shape index (κ2) is 5.97. The fraction of sp³-hybridized carbons (Fsp3) is 0.333.